The van der Waals surface area contributed by atoms with E-state index < -0.39 is 15.3 Å². The molecule has 8 nitrogen and oxygen atoms in total. The van der Waals surface area contributed by atoms with Crippen LogP contribution in [0.15, 0.2) is 12.3 Å². The van der Waals surface area contributed by atoms with E-state index in [0.29, 0.717) is 36.9 Å². The average Bonchev–Trinajstić information content (AvgIpc) is 2.78. The van der Waals surface area contributed by atoms with Crippen LogP contribution < -0.4 is 9.46 Å². The van der Waals surface area contributed by atoms with Gasteiger partial charge in [0.05, 0.1) is 29.0 Å². The lowest BCUT2D eigenvalue weighted by atomic mass is 9.83. The van der Waals surface area contributed by atoms with Crippen molar-refractivity contribution in [1.29, 1.82) is 0 Å². The van der Waals surface area contributed by atoms with Crippen molar-refractivity contribution >= 4 is 27.5 Å². The average molecular weight is 486 g/mol. The molecule has 1 aromatic heterocycles. The largest absolute Gasteiger partial charge is 0.467 e. The van der Waals surface area contributed by atoms with E-state index in [-0.39, 0.29) is 36.6 Å². The van der Waals surface area contributed by atoms with E-state index in [9.17, 15) is 13.2 Å². The Kier molecular flexibility index (Phi) is 7.29. The van der Waals surface area contributed by atoms with Crippen LogP contribution in [-0.2, 0) is 19.6 Å². The zero-order valence-electron chi connectivity index (χ0n) is 18.6. The van der Waals surface area contributed by atoms with Crippen molar-refractivity contribution in [3.05, 3.63) is 22.8 Å². The van der Waals surface area contributed by atoms with Crippen molar-refractivity contribution in [2.45, 2.75) is 81.7 Å². The highest BCUT2D eigenvalue weighted by Crippen LogP contribution is 2.39. The van der Waals surface area contributed by atoms with Crippen molar-refractivity contribution in [2.75, 3.05) is 19.8 Å². The molecule has 0 spiro atoms. The SMILES string of the molecule is CC(C)S(=O)(=O)NC1CCCN2C(=O)COc3ncc(Cl)cc3[C@H]3CC[C@H](CC3)OC[C@@H]12. The van der Waals surface area contributed by atoms with Crippen molar-refractivity contribution in [2.24, 2.45) is 0 Å². The van der Waals surface area contributed by atoms with Gasteiger partial charge in [0.1, 0.15) is 0 Å². The Morgan fingerprint density at radius 1 is 1.22 bits per heavy atom. The zero-order chi connectivity index (χ0) is 22.9. The van der Waals surface area contributed by atoms with Crippen LogP contribution in [0.25, 0.3) is 0 Å². The van der Waals surface area contributed by atoms with Crippen LogP contribution in [0.4, 0.5) is 0 Å². The van der Waals surface area contributed by atoms with Gasteiger partial charge in [-0.05, 0) is 64.4 Å². The van der Waals surface area contributed by atoms with Crippen LogP contribution in [0.2, 0.25) is 5.02 Å². The quantitative estimate of drug-likeness (QED) is 0.707. The highest BCUT2D eigenvalue weighted by atomic mass is 35.5. The molecule has 4 heterocycles. The lowest BCUT2D eigenvalue weighted by Crippen LogP contribution is -2.60. The first-order valence-corrected chi connectivity index (χ1v) is 13.4. The molecule has 1 aromatic rings. The van der Waals surface area contributed by atoms with Gasteiger partial charge in [-0.3, -0.25) is 4.79 Å². The number of sulfonamides is 1. The molecule has 1 saturated heterocycles. The lowest BCUT2D eigenvalue weighted by Gasteiger charge is -2.42. The van der Waals surface area contributed by atoms with Gasteiger partial charge in [-0.1, -0.05) is 11.6 Å². The fraction of sp³-hybridized carbons (Fsp3) is 0.727. The Labute approximate surface area is 195 Å². The lowest BCUT2D eigenvalue weighted by molar-refractivity contribution is -0.140. The number of halogens is 1. The molecule has 4 aliphatic rings. The third kappa shape index (κ3) is 5.21. The molecule has 2 fully saturated rings. The molecule has 1 saturated carbocycles. The molecule has 2 bridgehead atoms. The molecular weight excluding hydrogens is 454 g/mol. The maximum Gasteiger partial charge on any atom is 0.260 e. The second-order valence-electron chi connectivity index (χ2n) is 9.26. The summed E-state index contributed by atoms with van der Waals surface area (Å²) >= 11 is 6.20. The monoisotopic (exact) mass is 485 g/mol. The van der Waals surface area contributed by atoms with Gasteiger partial charge in [0.15, 0.2) is 6.61 Å². The highest BCUT2D eigenvalue weighted by Gasteiger charge is 2.38. The van der Waals surface area contributed by atoms with Gasteiger partial charge < -0.3 is 14.4 Å². The number of rotatable bonds is 3. The standard InChI is InChI=1S/C22H32ClN3O5S/c1-14(2)32(28,29)25-19-4-3-9-26-20(19)12-30-17-7-5-15(6-8-17)18-10-16(23)11-24-22(18)31-13-21(26)27/h10-11,14-15,17,19-20,25H,3-9,12-13H2,1-2H3/t15-,17+,19?,20-/m0/s1. The second-order valence-corrected chi connectivity index (χ2v) is 12.0. The molecule has 32 heavy (non-hydrogen) atoms. The van der Waals surface area contributed by atoms with Crippen molar-refractivity contribution < 1.29 is 22.7 Å². The van der Waals surface area contributed by atoms with Gasteiger partial charge >= 0.3 is 0 Å². The molecule has 1 aliphatic carbocycles. The smallest absolute Gasteiger partial charge is 0.260 e. The van der Waals surface area contributed by atoms with Gasteiger partial charge in [-0.15, -0.1) is 0 Å². The van der Waals surface area contributed by atoms with Gasteiger partial charge in [-0.25, -0.2) is 18.1 Å². The number of ether oxygens (including phenoxy) is 2. The Balaban J connectivity index is 1.61. The van der Waals surface area contributed by atoms with Crippen LogP contribution >= 0.6 is 11.6 Å². The van der Waals surface area contributed by atoms with E-state index in [0.717, 1.165) is 31.2 Å². The number of nitrogens with one attached hydrogen (secondary N) is 1. The number of fused-ring (bicyclic) bond motifs is 5. The van der Waals surface area contributed by atoms with Crippen LogP contribution in [-0.4, -0.2) is 67.4 Å². The van der Waals surface area contributed by atoms with Crippen LogP contribution in [0.1, 0.15) is 63.9 Å². The summed E-state index contributed by atoms with van der Waals surface area (Å²) in [6.07, 6.45) is 6.63. The van der Waals surface area contributed by atoms with E-state index >= 15 is 0 Å². The Morgan fingerprint density at radius 2 is 1.97 bits per heavy atom. The third-order valence-corrected chi connectivity index (χ3v) is 8.91. The minimum Gasteiger partial charge on any atom is -0.467 e. The summed E-state index contributed by atoms with van der Waals surface area (Å²) in [5.74, 6) is 0.526. The summed E-state index contributed by atoms with van der Waals surface area (Å²) in [4.78, 5) is 19.2. The summed E-state index contributed by atoms with van der Waals surface area (Å²) in [6.45, 7) is 4.00. The maximum absolute atomic E-state index is 13.2. The first-order valence-electron chi connectivity index (χ1n) is 11.4. The number of carbonyl (C=O) groups excluding carboxylic acids is 1. The minimum atomic E-state index is -3.47. The van der Waals surface area contributed by atoms with E-state index in [2.05, 4.69) is 9.71 Å². The second kappa shape index (κ2) is 9.83. The molecule has 2 atom stereocenters. The summed E-state index contributed by atoms with van der Waals surface area (Å²) in [7, 11) is -3.47. The van der Waals surface area contributed by atoms with Crippen LogP contribution in [0, 0.1) is 0 Å². The van der Waals surface area contributed by atoms with Crippen LogP contribution in [0.3, 0.4) is 0 Å². The van der Waals surface area contributed by atoms with E-state index in [1.165, 1.54) is 6.20 Å². The molecule has 1 amide bonds. The Bertz CT molecular complexity index is 933. The molecule has 3 aliphatic heterocycles. The van der Waals surface area contributed by atoms with Crippen LogP contribution in [0.5, 0.6) is 5.88 Å². The normalized spacial score (nSPS) is 29.4. The summed E-state index contributed by atoms with van der Waals surface area (Å²) in [5.41, 5.74) is 0.945. The molecule has 1 unspecified atom stereocenters. The number of aromatic nitrogens is 1. The van der Waals surface area contributed by atoms with Crippen molar-refractivity contribution in [3.63, 3.8) is 0 Å². The number of amides is 1. The maximum atomic E-state index is 13.2. The number of nitrogens with zero attached hydrogens (tertiary/aromatic N) is 2. The predicted molar refractivity (Wildman–Crippen MR) is 121 cm³/mol. The first-order chi connectivity index (χ1) is 15.2. The highest BCUT2D eigenvalue weighted by molar-refractivity contribution is 7.90. The molecule has 0 radical (unpaired) electrons. The Hall–Kier alpha value is -1.42. The molecule has 0 aromatic carbocycles. The molecule has 1 N–H and O–H groups in total. The molecule has 178 valence electrons. The Morgan fingerprint density at radius 3 is 2.69 bits per heavy atom. The number of carbonyl (C=O) groups is 1. The van der Waals surface area contributed by atoms with E-state index in [4.69, 9.17) is 21.1 Å². The predicted octanol–water partition coefficient (Wildman–Crippen LogP) is 2.86. The van der Waals surface area contributed by atoms with E-state index in [1.54, 1.807) is 18.7 Å². The first kappa shape index (κ1) is 23.7. The molecular formula is C22H32ClN3O5S. The molecule has 10 heteroatoms. The topological polar surface area (TPSA) is 97.8 Å². The fourth-order valence-corrected chi connectivity index (χ4v) is 6.04. The number of pyridine rings is 1. The number of hydrogen-bond acceptors (Lipinski definition) is 6. The third-order valence-electron chi connectivity index (χ3n) is 6.83. The van der Waals surface area contributed by atoms with Gasteiger partial charge in [0.25, 0.3) is 5.91 Å². The summed E-state index contributed by atoms with van der Waals surface area (Å²) < 4.78 is 40.1. The fourth-order valence-electron chi connectivity index (χ4n) is 4.90. The minimum absolute atomic E-state index is 0.0877. The number of piperidine rings is 1. The summed E-state index contributed by atoms with van der Waals surface area (Å²) in [5, 5.41) is 0.00926. The van der Waals surface area contributed by atoms with Gasteiger partial charge in [0.2, 0.25) is 15.9 Å². The van der Waals surface area contributed by atoms with Crippen molar-refractivity contribution in [3.8, 4) is 5.88 Å². The molecule has 5 rings (SSSR count). The van der Waals surface area contributed by atoms with Gasteiger partial charge in [-0.2, -0.15) is 0 Å². The summed E-state index contributed by atoms with van der Waals surface area (Å²) in [6, 6.07) is 1.13. The van der Waals surface area contributed by atoms with Gasteiger partial charge in [0, 0.05) is 24.3 Å². The van der Waals surface area contributed by atoms with E-state index in [1.807, 2.05) is 6.07 Å². The zero-order valence-corrected chi connectivity index (χ0v) is 20.2. The number of hydrogen-bond donors (Lipinski definition) is 1. The van der Waals surface area contributed by atoms with Crippen molar-refractivity contribution in [1.82, 2.24) is 14.6 Å².